The van der Waals surface area contributed by atoms with Crippen LogP contribution in [0.3, 0.4) is 0 Å². The van der Waals surface area contributed by atoms with Gasteiger partial charge in [-0.15, -0.1) is 0 Å². The first-order chi connectivity index (χ1) is 11.8. The van der Waals surface area contributed by atoms with Crippen LogP contribution in [0, 0.1) is 5.92 Å². The zero-order valence-electron chi connectivity index (χ0n) is 14.1. The van der Waals surface area contributed by atoms with Crippen molar-refractivity contribution >= 4 is 38.7 Å². The third-order valence-electron chi connectivity index (χ3n) is 4.42. The van der Waals surface area contributed by atoms with E-state index in [0.29, 0.717) is 24.1 Å². The van der Waals surface area contributed by atoms with Gasteiger partial charge in [-0.3, -0.25) is 4.79 Å². The van der Waals surface area contributed by atoms with Crippen LogP contribution in [0.5, 0.6) is 0 Å². The summed E-state index contributed by atoms with van der Waals surface area (Å²) in [6.07, 6.45) is 0. The van der Waals surface area contributed by atoms with E-state index in [1.165, 1.54) is 4.31 Å². The van der Waals surface area contributed by atoms with E-state index < -0.39 is 16.1 Å². The molecule has 1 amide bonds. The number of hydrogen-bond acceptors (Lipinski definition) is 7. The van der Waals surface area contributed by atoms with Crippen LogP contribution in [-0.2, 0) is 14.8 Å². The Balaban J connectivity index is 1.76. The molecule has 1 atom stereocenters. The number of nitrogens with two attached hydrogens (primary N) is 1. The van der Waals surface area contributed by atoms with Gasteiger partial charge in [0.05, 0.1) is 17.8 Å². The van der Waals surface area contributed by atoms with Gasteiger partial charge < -0.3 is 10.6 Å². The standard InChI is InChI=1S/C15H21N5O3S2/c1-10(2)13(16)15(21)19-6-8-20(9-7-19)25(22,23)12-5-3-4-11-14(12)18-24-17-11/h3-5,10,13H,6-9,16H2,1-2H3/t13-/m0/s1. The van der Waals surface area contributed by atoms with E-state index in [9.17, 15) is 13.2 Å². The van der Waals surface area contributed by atoms with Gasteiger partial charge in [-0.05, 0) is 18.1 Å². The molecule has 1 fully saturated rings. The largest absolute Gasteiger partial charge is 0.339 e. The molecule has 0 radical (unpaired) electrons. The van der Waals surface area contributed by atoms with Gasteiger partial charge in [0.1, 0.15) is 15.9 Å². The van der Waals surface area contributed by atoms with Crippen LogP contribution in [0.25, 0.3) is 11.0 Å². The number of amides is 1. The highest BCUT2D eigenvalue weighted by atomic mass is 32.2. The Morgan fingerprint density at radius 2 is 1.88 bits per heavy atom. The second-order valence-corrected chi connectivity index (χ2v) is 8.82. The minimum Gasteiger partial charge on any atom is -0.339 e. The summed E-state index contributed by atoms with van der Waals surface area (Å²) < 4.78 is 35.5. The fourth-order valence-electron chi connectivity index (χ4n) is 2.77. The average Bonchev–Trinajstić information content (AvgIpc) is 3.09. The first-order valence-electron chi connectivity index (χ1n) is 8.08. The summed E-state index contributed by atoms with van der Waals surface area (Å²) in [6.45, 7) is 4.95. The molecule has 1 aromatic carbocycles. The van der Waals surface area contributed by atoms with Crippen LogP contribution in [0.4, 0.5) is 0 Å². The zero-order valence-corrected chi connectivity index (χ0v) is 15.8. The molecule has 1 saturated heterocycles. The number of aromatic nitrogens is 2. The van der Waals surface area contributed by atoms with Crippen molar-refractivity contribution in [1.29, 1.82) is 0 Å². The van der Waals surface area contributed by atoms with E-state index in [-0.39, 0.29) is 29.8 Å². The Morgan fingerprint density at radius 1 is 1.20 bits per heavy atom. The van der Waals surface area contributed by atoms with Crippen molar-refractivity contribution in [1.82, 2.24) is 18.0 Å². The summed E-state index contributed by atoms with van der Waals surface area (Å²) in [5.74, 6) is -0.0816. The van der Waals surface area contributed by atoms with Crippen molar-refractivity contribution in [2.75, 3.05) is 26.2 Å². The lowest BCUT2D eigenvalue weighted by Gasteiger charge is -2.35. The second-order valence-electron chi connectivity index (χ2n) is 6.39. The van der Waals surface area contributed by atoms with Crippen LogP contribution >= 0.6 is 11.7 Å². The molecule has 2 aromatic rings. The smallest absolute Gasteiger partial charge is 0.245 e. The molecule has 0 spiro atoms. The van der Waals surface area contributed by atoms with Crippen molar-refractivity contribution in [3.05, 3.63) is 18.2 Å². The van der Waals surface area contributed by atoms with E-state index in [1.54, 1.807) is 23.1 Å². The molecule has 0 unspecified atom stereocenters. The van der Waals surface area contributed by atoms with E-state index in [2.05, 4.69) is 8.75 Å². The highest BCUT2D eigenvalue weighted by molar-refractivity contribution is 7.89. The lowest BCUT2D eigenvalue weighted by Crippen LogP contribution is -2.55. The summed E-state index contributed by atoms with van der Waals surface area (Å²) in [5, 5.41) is 0. The SMILES string of the molecule is CC(C)[C@H](N)C(=O)N1CCN(S(=O)(=O)c2cccc3nsnc23)CC1. The molecule has 25 heavy (non-hydrogen) atoms. The van der Waals surface area contributed by atoms with Crippen molar-refractivity contribution < 1.29 is 13.2 Å². The molecule has 10 heteroatoms. The molecule has 1 aliphatic heterocycles. The summed E-state index contributed by atoms with van der Waals surface area (Å²) in [7, 11) is -3.68. The van der Waals surface area contributed by atoms with Crippen LogP contribution in [0.2, 0.25) is 0 Å². The van der Waals surface area contributed by atoms with Crippen molar-refractivity contribution in [2.24, 2.45) is 11.7 Å². The maximum absolute atomic E-state index is 13.0. The fraction of sp³-hybridized carbons (Fsp3) is 0.533. The minimum absolute atomic E-state index is 0.0454. The van der Waals surface area contributed by atoms with Gasteiger partial charge in [-0.1, -0.05) is 19.9 Å². The minimum atomic E-state index is -3.68. The summed E-state index contributed by atoms with van der Waals surface area (Å²) in [6, 6.07) is 4.39. The highest BCUT2D eigenvalue weighted by Crippen LogP contribution is 2.25. The van der Waals surface area contributed by atoms with Crippen molar-refractivity contribution in [3.63, 3.8) is 0 Å². The van der Waals surface area contributed by atoms with Crippen LogP contribution < -0.4 is 5.73 Å². The van der Waals surface area contributed by atoms with Crippen molar-refractivity contribution in [2.45, 2.75) is 24.8 Å². The number of hydrogen-bond donors (Lipinski definition) is 1. The number of benzene rings is 1. The summed E-state index contributed by atoms with van der Waals surface area (Å²) >= 11 is 0.990. The normalized spacial score (nSPS) is 18.0. The van der Waals surface area contributed by atoms with Gasteiger partial charge in [0.15, 0.2) is 0 Å². The number of piperazine rings is 1. The molecule has 2 N–H and O–H groups in total. The molecular formula is C15H21N5O3S2. The van der Waals surface area contributed by atoms with Gasteiger partial charge in [-0.25, -0.2) is 8.42 Å². The maximum Gasteiger partial charge on any atom is 0.245 e. The van der Waals surface area contributed by atoms with E-state index in [1.807, 2.05) is 13.8 Å². The van der Waals surface area contributed by atoms with Crippen molar-refractivity contribution in [3.8, 4) is 0 Å². The molecule has 1 aliphatic rings. The van der Waals surface area contributed by atoms with E-state index in [4.69, 9.17) is 5.73 Å². The van der Waals surface area contributed by atoms with Crippen LogP contribution in [0.1, 0.15) is 13.8 Å². The molecule has 0 saturated carbocycles. The molecule has 0 bridgehead atoms. The van der Waals surface area contributed by atoms with Gasteiger partial charge in [0.25, 0.3) is 0 Å². The number of nitrogens with zero attached hydrogens (tertiary/aromatic N) is 4. The summed E-state index contributed by atoms with van der Waals surface area (Å²) in [5.41, 5.74) is 6.88. The molecular weight excluding hydrogens is 362 g/mol. The molecule has 1 aromatic heterocycles. The molecule has 8 nitrogen and oxygen atoms in total. The number of carbonyl (C=O) groups is 1. The Hall–Kier alpha value is -1.62. The molecule has 3 rings (SSSR count). The first-order valence-corrected chi connectivity index (χ1v) is 10.2. The van der Waals surface area contributed by atoms with Gasteiger partial charge >= 0.3 is 0 Å². The number of fused-ring (bicyclic) bond motifs is 1. The van der Waals surface area contributed by atoms with E-state index in [0.717, 1.165) is 11.7 Å². The zero-order chi connectivity index (χ0) is 18.2. The third-order valence-corrected chi connectivity index (χ3v) is 6.89. The summed E-state index contributed by atoms with van der Waals surface area (Å²) in [4.78, 5) is 14.1. The Morgan fingerprint density at radius 3 is 2.52 bits per heavy atom. The number of carbonyl (C=O) groups excluding carboxylic acids is 1. The number of sulfonamides is 1. The average molecular weight is 383 g/mol. The monoisotopic (exact) mass is 383 g/mol. The Bertz CT molecular complexity index is 872. The highest BCUT2D eigenvalue weighted by Gasteiger charge is 2.33. The van der Waals surface area contributed by atoms with Gasteiger partial charge in [-0.2, -0.15) is 13.1 Å². The fourth-order valence-corrected chi connectivity index (χ4v) is 4.95. The quantitative estimate of drug-likeness (QED) is 0.824. The van der Waals surface area contributed by atoms with E-state index >= 15 is 0 Å². The predicted molar refractivity (Wildman–Crippen MR) is 95.6 cm³/mol. The Labute approximate surface area is 151 Å². The predicted octanol–water partition coefficient (Wildman–Crippen LogP) is 0.508. The number of rotatable bonds is 4. The maximum atomic E-state index is 13.0. The topological polar surface area (TPSA) is 109 Å². The molecule has 0 aliphatic carbocycles. The Kier molecular flexibility index (Phi) is 5.05. The lowest BCUT2D eigenvalue weighted by atomic mass is 10.0. The van der Waals surface area contributed by atoms with Crippen LogP contribution in [0.15, 0.2) is 23.1 Å². The first kappa shape index (κ1) is 18.2. The second kappa shape index (κ2) is 6.94. The molecule has 136 valence electrons. The lowest BCUT2D eigenvalue weighted by molar-refractivity contribution is -0.134. The van der Waals surface area contributed by atoms with Gasteiger partial charge in [0, 0.05) is 26.2 Å². The van der Waals surface area contributed by atoms with Crippen LogP contribution in [-0.4, -0.2) is 64.5 Å². The third kappa shape index (κ3) is 3.39. The van der Waals surface area contributed by atoms with Gasteiger partial charge in [0.2, 0.25) is 15.9 Å². The molecule has 2 heterocycles.